The first kappa shape index (κ1) is 23.7. The molecule has 7 nitrogen and oxygen atoms in total. The summed E-state index contributed by atoms with van der Waals surface area (Å²) in [5, 5.41) is 0. The van der Waals surface area contributed by atoms with Crippen LogP contribution >= 0.6 is 0 Å². The molecule has 1 aliphatic carbocycles. The monoisotopic (exact) mass is 516 g/mol. The van der Waals surface area contributed by atoms with E-state index in [0.717, 1.165) is 56.0 Å². The van der Waals surface area contributed by atoms with Crippen LogP contribution in [0.5, 0.6) is 17.4 Å². The number of alkyl halides is 2. The predicted octanol–water partition coefficient (Wildman–Crippen LogP) is 5.16. The molecule has 3 aliphatic rings. The molecule has 1 aromatic carbocycles. The lowest BCUT2D eigenvalue weighted by molar-refractivity contribution is -0.0978. The quantitative estimate of drug-likeness (QED) is 0.404. The average molecular weight is 516 g/mol. The molecule has 0 radical (unpaired) electrons. The Hall–Kier alpha value is -3.63. The number of halogens is 4. The van der Waals surface area contributed by atoms with Crippen molar-refractivity contribution in [2.75, 3.05) is 11.4 Å². The van der Waals surface area contributed by atoms with Gasteiger partial charge in [-0.15, -0.1) is 0 Å². The Morgan fingerprint density at radius 3 is 2.57 bits per heavy atom. The smallest absolute Gasteiger partial charge is 0.352 e. The van der Waals surface area contributed by atoms with Crippen molar-refractivity contribution in [3.8, 4) is 17.4 Å². The summed E-state index contributed by atoms with van der Waals surface area (Å²) in [5.74, 6) is -6.04. The van der Waals surface area contributed by atoms with Crippen molar-refractivity contribution in [2.24, 2.45) is 5.92 Å². The van der Waals surface area contributed by atoms with Crippen LogP contribution in [-0.2, 0) is 19.1 Å². The maximum atomic E-state index is 14.8. The fourth-order valence-electron chi connectivity index (χ4n) is 5.20. The van der Waals surface area contributed by atoms with Crippen LogP contribution in [0.25, 0.3) is 0 Å². The number of ether oxygens (including phenoxy) is 2. The highest BCUT2D eigenvalue weighted by Crippen LogP contribution is 2.46. The molecule has 2 fully saturated rings. The van der Waals surface area contributed by atoms with Crippen molar-refractivity contribution in [1.29, 1.82) is 0 Å². The van der Waals surface area contributed by atoms with Crippen molar-refractivity contribution >= 4 is 5.82 Å². The molecule has 6 rings (SSSR count). The van der Waals surface area contributed by atoms with E-state index in [1.165, 1.54) is 6.07 Å². The van der Waals surface area contributed by atoms with Gasteiger partial charge in [0.15, 0.2) is 17.4 Å². The lowest BCUT2D eigenvalue weighted by atomic mass is 9.79. The van der Waals surface area contributed by atoms with Gasteiger partial charge in [-0.3, -0.25) is 9.55 Å². The summed E-state index contributed by atoms with van der Waals surface area (Å²) in [6.45, 7) is 1.21. The van der Waals surface area contributed by atoms with Crippen LogP contribution in [0.4, 0.5) is 23.4 Å². The Labute approximate surface area is 209 Å². The fourth-order valence-corrected chi connectivity index (χ4v) is 5.20. The first-order valence-electron chi connectivity index (χ1n) is 12.3. The highest BCUT2D eigenvalue weighted by Gasteiger charge is 2.45. The van der Waals surface area contributed by atoms with Crippen molar-refractivity contribution in [3.05, 3.63) is 69.9 Å². The maximum absolute atomic E-state index is 14.8. The molecule has 1 saturated heterocycles. The van der Waals surface area contributed by atoms with Gasteiger partial charge in [0.1, 0.15) is 23.9 Å². The Bertz CT molecular complexity index is 1390. The Kier molecular flexibility index (Phi) is 5.80. The fraction of sp³-hybridized carbons (Fsp3) is 0.423. The van der Waals surface area contributed by atoms with Gasteiger partial charge >= 0.3 is 5.69 Å². The molecule has 0 bridgehead atoms. The summed E-state index contributed by atoms with van der Waals surface area (Å²) in [7, 11) is 0. The number of fused-ring (bicyclic) bond motifs is 3. The molecule has 0 amide bonds. The van der Waals surface area contributed by atoms with Gasteiger partial charge in [-0.25, -0.2) is 13.6 Å². The van der Waals surface area contributed by atoms with E-state index < -0.39 is 40.6 Å². The third-order valence-corrected chi connectivity index (χ3v) is 7.39. The first-order valence-corrected chi connectivity index (χ1v) is 12.3. The van der Waals surface area contributed by atoms with E-state index in [2.05, 4.69) is 14.9 Å². The minimum Gasteiger partial charge on any atom is -0.473 e. The van der Waals surface area contributed by atoms with E-state index in [1.807, 2.05) is 0 Å². The van der Waals surface area contributed by atoms with Gasteiger partial charge in [-0.2, -0.15) is 13.8 Å². The zero-order chi connectivity index (χ0) is 25.7. The highest BCUT2D eigenvalue weighted by atomic mass is 19.3. The molecule has 0 N–H and O–H groups in total. The van der Waals surface area contributed by atoms with Gasteiger partial charge in [-0.05, 0) is 49.4 Å². The standard InChI is InChI=1S/C26H24F4N4O3/c27-19-9-15(14-36-22-12-23-33-8-2-5-17(33)13-34(23)25(35)32-22)10-20(28)24(19)37-18-6-7-31-21(11-18)26(29,30)16-3-1-4-16/h6-7,9-12,16-17H,1-5,8,13-14H2/t17-/m1/s1. The highest BCUT2D eigenvalue weighted by molar-refractivity contribution is 5.48. The van der Waals surface area contributed by atoms with Crippen LogP contribution in [-0.4, -0.2) is 27.1 Å². The Morgan fingerprint density at radius 1 is 1.05 bits per heavy atom. The Balaban J connectivity index is 1.17. The molecule has 1 atom stereocenters. The summed E-state index contributed by atoms with van der Waals surface area (Å²) < 4.78 is 71.3. The van der Waals surface area contributed by atoms with Crippen LogP contribution in [0.3, 0.4) is 0 Å². The number of hydrogen-bond acceptors (Lipinski definition) is 6. The zero-order valence-electron chi connectivity index (χ0n) is 19.8. The normalized spacial score (nSPS) is 18.9. The molecule has 3 aromatic rings. The molecule has 0 spiro atoms. The van der Waals surface area contributed by atoms with Crippen LogP contribution in [0.2, 0.25) is 0 Å². The van der Waals surface area contributed by atoms with Crippen LogP contribution < -0.4 is 20.1 Å². The van der Waals surface area contributed by atoms with E-state index in [1.54, 1.807) is 10.6 Å². The molecular formula is C26H24F4N4O3. The van der Waals surface area contributed by atoms with Gasteiger partial charge in [0.2, 0.25) is 5.88 Å². The maximum Gasteiger partial charge on any atom is 0.352 e. The number of rotatable bonds is 7. The molecule has 37 heavy (non-hydrogen) atoms. The van der Waals surface area contributed by atoms with E-state index in [4.69, 9.17) is 9.47 Å². The van der Waals surface area contributed by atoms with Gasteiger partial charge in [0.05, 0.1) is 0 Å². The van der Waals surface area contributed by atoms with Gasteiger partial charge in [0, 0.05) is 43.4 Å². The van der Waals surface area contributed by atoms with E-state index in [0.29, 0.717) is 19.4 Å². The third kappa shape index (κ3) is 4.30. The van der Waals surface area contributed by atoms with E-state index >= 15 is 0 Å². The largest absolute Gasteiger partial charge is 0.473 e. The average Bonchev–Trinajstić information content (AvgIpc) is 3.41. The predicted molar refractivity (Wildman–Crippen MR) is 125 cm³/mol. The topological polar surface area (TPSA) is 69.5 Å². The summed E-state index contributed by atoms with van der Waals surface area (Å²) >= 11 is 0. The van der Waals surface area contributed by atoms with Crippen LogP contribution in [0.1, 0.15) is 43.4 Å². The second-order valence-corrected chi connectivity index (χ2v) is 9.74. The second kappa shape index (κ2) is 9.04. The molecule has 4 heterocycles. The van der Waals surface area contributed by atoms with Gasteiger partial charge in [-0.1, -0.05) is 6.42 Å². The zero-order valence-corrected chi connectivity index (χ0v) is 19.8. The summed E-state index contributed by atoms with van der Waals surface area (Å²) in [4.78, 5) is 22.2. The molecule has 2 aliphatic heterocycles. The van der Waals surface area contributed by atoms with Crippen molar-refractivity contribution in [2.45, 2.75) is 57.2 Å². The minimum absolute atomic E-state index is 0.0710. The molecular weight excluding hydrogens is 492 g/mol. The van der Waals surface area contributed by atoms with Crippen molar-refractivity contribution in [1.82, 2.24) is 14.5 Å². The molecule has 2 aromatic heterocycles. The second-order valence-electron chi connectivity index (χ2n) is 9.74. The Morgan fingerprint density at radius 2 is 1.84 bits per heavy atom. The number of pyridine rings is 1. The molecule has 11 heteroatoms. The SMILES string of the molecule is O=c1nc(OCc2cc(F)c(Oc3ccnc(C(F)(F)C4CCC4)c3)c(F)c2)cc2n1C[C@H]1CCCN21. The molecule has 1 saturated carbocycles. The number of aromatic nitrogens is 3. The van der Waals surface area contributed by atoms with Gasteiger partial charge in [0.25, 0.3) is 5.92 Å². The van der Waals surface area contributed by atoms with Crippen LogP contribution in [0, 0.1) is 17.6 Å². The number of hydrogen-bond donors (Lipinski definition) is 0. The summed E-state index contributed by atoms with van der Waals surface area (Å²) in [6, 6.07) is 6.27. The molecule has 0 unspecified atom stereocenters. The van der Waals surface area contributed by atoms with E-state index in [-0.39, 0.29) is 29.8 Å². The first-order chi connectivity index (χ1) is 17.8. The lowest BCUT2D eigenvalue weighted by Gasteiger charge is -2.32. The number of benzene rings is 1. The molecule has 194 valence electrons. The summed E-state index contributed by atoms with van der Waals surface area (Å²) in [5.41, 5.74) is -0.767. The number of anilines is 1. The number of nitrogens with zero attached hydrogens (tertiary/aromatic N) is 4. The van der Waals surface area contributed by atoms with E-state index in [9.17, 15) is 22.4 Å². The van der Waals surface area contributed by atoms with Crippen molar-refractivity contribution < 1.29 is 27.0 Å². The van der Waals surface area contributed by atoms with Crippen LogP contribution in [0.15, 0.2) is 41.3 Å². The van der Waals surface area contributed by atoms with Crippen molar-refractivity contribution in [3.63, 3.8) is 0 Å². The third-order valence-electron chi connectivity index (χ3n) is 7.39. The lowest BCUT2D eigenvalue weighted by Crippen LogP contribution is -2.31. The summed E-state index contributed by atoms with van der Waals surface area (Å²) in [6.07, 6.45) is 4.73. The van der Waals surface area contributed by atoms with Gasteiger partial charge < -0.3 is 14.4 Å². The minimum atomic E-state index is -3.14.